The van der Waals surface area contributed by atoms with Gasteiger partial charge in [-0.1, -0.05) is 6.08 Å². The van der Waals surface area contributed by atoms with Crippen molar-refractivity contribution in [2.75, 3.05) is 6.54 Å². The molecule has 0 radical (unpaired) electrons. The summed E-state index contributed by atoms with van der Waals surface area (Å²) in [6.45, 7) is 0.745. The van der Waals surface area contributed by atoms with Crippen molar-refractivity contribution >= 4 is 6.03 Å². The Kier molecular flexibility index (Phi) is 1.20. The number of amides is 2. The van der Waals surface area contributed by atoms with E-state index >= 15 is 0 Å². The second-order valence-electron chi connectivity index (χ2n) is 1.71. The van der Waals surface area contributed by atoms with Gasteiger partial charge in [-0.15, -0.1) is 0 Å². The third kappa shape index (κ3) is 0.804. The van der Waals surface area contributed by atoms with Crippen LogP contribution in [0, 0.1) is 0 Å². The fourth-order valence-electron chi connectivity index (χ4n) is 0.674. The summed E-state index contributed by atoms with van der Waals surface area (Å²) in [6, 6.07) is -0.362. The predicted octanol–water partition coefficient (Wildman–Crippen LogP) is 0.285. The molecule has 1 aliphatic rings. The first-order valence-electron chi connectivity index (χ1n) is 2.53. The van der Waals surface area contributed by atoms with Gasteiger partial charge in [0.25, 0.3) is 0 Å². The number of nitrogens with zero attached hydrogens (tertiary/aromatic N) is 1. The molecule has 0 fully saturated rings. The minimum atomic E-state index is -0.362. The largest absolute Gasteiger partial charge is 0.351 e. The Bertz CT molecular complexity index is 130. The van der Waals surface area contributed by atoms with Gasteiger partial charge in [-0.25, -0.2) is 4.79 Å². The topological polar surface area (TPSA) is 46.3 Å². The Morgan fingerprint density at radius 1 is 1.75 bits per heavy atom. The molecule has 0 spiro atoms. The Hall–Kier alpha value is -0.990. The molecule has 8 heavy (non-hydrogen) atoms. The van der Waals surface area contributed by atoms with Gasteiger partial charge in [0.15, 0.2) is 0 Å². The van der Waals surface area contributed by atoms with Crippen molar-refractivity contribution < 1.29 is 4.79 Å². The van der Waals surface area contributed by atoms with Crippen LogP contribution in [0.1, 0.15) is 6.42 Å². The molecule has 0 bridgehead atoms. The van der Waals surface area contributed by atoms with Crippen molar-refractivity contribution in [3.63, 3.8) is 0 Å². The minimum absolute atomic E-state index is 0.362. The number of hydrogen-bond donors (Lipinski definition) is 1. The lowest BCUT2D eigenvalue weighted by atomic mass is 10.5. The van der Waals surface area contributed by atoms with Crippen molar-refractivity contribution in [3.8, 4) is 0 Å². The molecule has 0 aliphatic carbocycles. The van der Waals surface area contributed by atoms with E-state index in [2.05, 4.69) is 0 Å². The highest BCUT2D eigenvalue weighted by atomic mass is 16.2. The van der Waals surface area contributed by atoms with Crippen molar-refractivity contribution in [2.45, 2.75) is 6.42 Å². The Morgan fingerprint density at radius 2 is 2.50 bits per heavy atom. The summed E-state index contributed by atoms with van der Waals surface area (Å²) in [7, 11) is 0. The smallest absolute Gasteiger partial charge is 0.318 e. The van der Waals surface area contributed by atoms with Gasteiger partial charge >= 0.3 is 6.03 Å². The van der Waals surface area contributed by atoms with Crippen LogP contribution in [0.5, 0.6) is 0 Å². The zero-order valence-corrected chi connectivity index (χ0v) is 4.50. The molecule has 0 saturated heterocycles. The number of rotatable bonds is 0. The molecule has 44 valence electrons. The van der Waals surface area contributed by atoms with Crippen LogP contribution < -0.4 is 5.73 Å². The Labute approximate surface area is 47.8 Å². The molecule has 0 aromatic rings. The third-order valence-corrected chi connectivity index (χ3v) is 1.11. The number of carbonyl (C=O) groups is 1. The number of urea groups is 1. The maximum Gasteiger partial charge on any atom is 0.318 e. The number of carbonyl (C=O) groups excluding carboxylic acids is 1. The number of nitrogens with two attached hydrogens (primary N) is 1. The van der Waals surface area contributed by atoms with Gasteiger partial charge in [-0.2, -0.15) is 0 Å². The average molecular weight is 112 g/mol. The third-order valence-electron chi connectivity index (χ3n) is 1.11. The Morgan fingerprint density at radius 3 is 2.75 bits per heavy atom. The summed E-state index contributed by atoms with van der Waals surface area (Å²) in [5.41, 5.74) is 4.93. The van der Waals surface area contributed by atoms with Gasteiger partial charge in [0.1, 0.15) is 0 Å². The van der Waals surface area contributed by atoms with E-state index in [1.54, 1.807) is 6.20 Å². The first kappa shape index (κ1) is 5.15. The van der Waals surface area contributed by atoms with Gasteiger partial charge in [0.05, 0.1) is 0 Å². The van der Waals surface area contributed by atoms with E-state index in [-0.39, 0.29) is 6.03 Å². The number of primary amides is 1. The molecule has 1 heterocycles. The SMILES string of the molecule is NC(=O)N1C=CCC1. The first-order valence-corrected chi connectivity index (χ1v) is 2.53. The summed E-state index contributed by atoms with van der Waals surface area (Å²) < 4.78 is 0. The highest BCUT2D eigenvalue weighted by Gasteiger charge is 2.07. The predicted molar refractivity (Wildman–Crippen MR) is 30.0 cm³/mol. The molecule has 0 atom stereocenters. The molecule has 3 heteroatoms. The van der Waals surface area contributed by atoms with E-state index in [0.717, 1.165) is 13.0 Å². The number of hydrogen-bond acceptors (Lipinski definition) is 1. The highest BCUT2D eigenvalue weighted by molar-refractivity contribution is 5.73. The maximum absolute atomic E-state index is 10.3. The molecule has 0 aromatic carbocycles. The van der Waals surface area contributed by atoms with Gasteiger partial charge in [0, 0.05) is 12.7 Å². The van der Waals surface area contributed by atoms with Crippen molar-refractivity contribution in [1.82, 2.24) is 4.90 Å². The van der Waals surface area contributed by atoms with Crippen LogP contribution in [0.3, 0.4) is 0 Å². The summed E-state index contributed by atoms with van der Waals surface area (Å²) in [4.78, 5) is 11.8. The van der Waals surface area contributed by atoms with Crippen LogP contribution in [-0.2, 0) is 0 Å². The lowest BCUT2D eigenvalue weighted by Gasteiger charge is -2.06. The van der Waals surface area contributed by atoms with Gasteiger partial charge < -0.3 is 10.6 Å². The van der Waals surface area contributed by atoms with Crippen LogP contribution in [0.2, 0.25) is 0 Å². The molecule has 1 aliphatic heterocycles. The quantitative estimate of drug-likeness (QED) is 0.480. The summed E-state index contributed by atoms with van der Waals surface area (Å²) in [5.74, 6) is 0. The van der Waals surface area contributed by atoms with Gasteiger partial charge in [-0.3, -0.25) is 0 Å². The van der Waals surface area contributed by atoms with Crippen molar-refractivity contribution in [2.24, 2.45) is 5.73 Å². The van der Waals surface area contributed by atoms with Crippen LogP contribution in [-0.4, -0.2) is 17.5 Å². The average Bonchev–Trinajstić information content (AvgIpc) is 2.12. The summed E-state index contributed by atoms with van der Waals surface area (Å²) in [6.07, 6.45) is 4.57. The molecule has 1 rings (SSSR count). The second-order valence-corrected chi connectivity index (χ2v) is 1.71. The maximum atomic E-state index is 10.3. The van der Waals surface area contributed by atoms with Crippen molar-refractivity contribution in [3.05, 3.63) is 12.3 Å². The van der Waals surface area contributed by atoms with Gasteiger partial charge in [-0.05, 0) is 6.42 Å². The summed E-state index contributed by atoms with van der Waals surface area (Å²) in [5, 5.41) is 0. The molecule has 0 saturated carbocycles. The van der Waals surface area contributed by atoms with Gasteiger partial charge in [0.2, 0.25) is 0 Å². The van der Waals surface area contributed by atoms with E-state index in [0.29, 0.717) is 0 Å². The van der Waals surface area contributed by atoms with E-state index in [1.165, 1.54) is 4.90 Å². The standard InChI is InChI=1S/C5H8N2O/c6-5(8)7-3-1-2-4-7/h1,3H,2,4H2,(H2,6,8). The molecular weight excluding hydrogens is 104 g/mol. The van der Waals surface area contributed by atoms with Crippen LogP contribution in [0.4, 0.5) is 4.79 Å². The molecular formula is C5H8N2O. The summed E-state index contributed by atoms with van der Waals surface area (Å²) >= 11 is 0. The monoisotopic (exact) mass is 112 g/mol. The molecule has 2 N–H and O–H groups in total. The minimum Gasteiger partial charge on any atom is -0.351 e. The molecule has 2 amide bonds. The van der Waals surface area contributed by atoms with E-state index in [4.69, 9.17) is 5.73 Å². The zero-order valence-electron chi connectivity index (χ0n) is 4.50. The van der Waals surface area contributed by atoms with E-state index in [9.17, 15) is 4.79 Å². The Balaban J connectivity index is 2.48. The molecule has 3 nitrogen and oxygen atoms in total. The normalized spacial score (nSPS) is 17.2. The lowest BCUT2D eigenvalue weighted by Crippen LogP contribution is -2.29. The van der Waals surface area contributed by atoms with Crippen LogP contribution in [0.15, 0.2) is 12.3 Å². The molecule has 0 aromatic heterocycles. The van der Waals surface area contributed by atoms with Crippen LogP contribution >= 0.6 is 0 Å². The van der Waals surface area contributed by atoms with E-state index < -0.39 is 0 Å². The fraction of sp³-hybridized carbons (Fsp3) is 0.400. The van der Waals surface area contributed by atoms with Crippen molar-refractivity contribution in [1.29, 1.82) is 0 Å². The van der Waals surface area contributed by atoms with E-state index in [1.807, 2.05) is 6.08 Å². The molecule has 0 unspecified atom stereocenters. The van der Waals surface area contributed by atoms with Crippen LogP contribution in [0.25, 0.3) is 0 Å². The highest BCUT2D eigenvalue weighted by Crippen LogP contribution is 2.01. The first-order chi connectivity index (χ1) is 3.80. The lowest BCUT2D eigenvalue weighted by molar-refractivity contribution is 0.227. The fourth-order valence-corrected chi connectivity index (χ4v) is 0.674. The second kappa shape index (κ2) is 1.86. The zero-order chi connectivity index (χ0) is 5.98.